The zero-order valence-electron chi connectivity index (χ0n) is 13.4. The minimum atomic E-state index is -1.89. The van der Waals surface area contributed by atoms with Crippen LogP contribution in [0.5, 0.6) is 5.75 Å². The summed E-state index contributed by atoms with van der Waals surface area (Å²) >= 11 is 0. The molecule has 0 aliphatic carbocycles. The molecule has 1 N–H and O–H groups in total. The Morgan fingerprint density at radius 1 is 1.30 bits per heavy atom. The molecule has 1 aliphatic heterocycles. The molecule has 0 saturated heterocycles. The Hall–Kier alpha value is -2.34. The summed E-state index contributed by atoms with van der Waals surface area (Å²) in [4.78, 5) is 23.9. The predicted octanol–water partition coefficient (Wildman–Crippen LogP) is 1.98. The van der Waals surface area contributed by atoms with Gasteiger partial charge < -0.3 is 19.3 Å². The molecule has 6 nitrogen and oxygen atoms in total. The third-order valence-electron chi connectivity index (χ3n) is 3.43. The van der Waals surface area contributed by atoms with E-state index < -0.39 is 17.5 Å². The molecule has 0 bridgehead atoms. The molecule has 124 valence electrons. The van der Waals surface area contributed by atoms with Gasteiger partial charge in [0.1, 0.15) is 11.5 Å². The number of fused-ring (bicyclic) bond motifs is 1. The van der Waals surface area contributed by atoms with Crippen LogP contribution in [-0.2, 0) is 24.7 Å². The molecule has 0 fully saturated rings. The Bertz CT molecular complexity index is 648. The Kier molecular flexibility index (Phi) is 5.05. The van der Waals surface area contributed by atoms with E-state index in [1.807, 2.05) is 6.92 Å². The van der Waals surface area contributed by atoms with E-state index in [0.29, 0.717) is 11.3 Å². The number of ether oxygens (including phenoxy) is 3. The summed E-state index contributed by atoms with van der Waals surface area (Å²) in [6.07, 6.45) is 0.944. The van der Waals surface area contributed by atoms with E-state index in [0.717, 1.165) is 11.6 Å². The molecule has 0 spiro atoms. The summed E-state index contributed by atoms with van der Waals surface area (Å²) in [7, 11) is 0. The molecule has 1 unspecified atom stereocenters. The molecule has 1 aliphatic rings. The van der Waals surface area contributed by atoms with Gasteiger partial charge in [0.05, 0.1) is 25.7 Å². The molecule has 0 saturated carbocycles. The van der Waals surface area contributed by atoms with Crippen molar-refractivity contribution in [3.8, 4) is 5.75 Å². The minimum Gasteiger partial charge on any atom is -0.464 e. The lowest BCUT2D eigenvalue weighted by Crippen LogP contribution is -2.41. The van der Waals surface area contributed by atoms with E-state index in [2.05, 4.69) is 0 Å². The van der Waals surface area contributed by atoms with Crippen LogP contribution in [0.2, 0.25) is 0 Å². The summed E-state index contributed by atoms with van der Waals surface area (Å²) in [6, 6.07) is 5.09. The molecular weight excluding hydrogens is 300 g/mol. The number of aryl methyl sites for hydroxylation is 1. The SMILES string of the molecule is CCOC(=O)/C=C1\CC(O)(C(=O)OCC)c2ccc(C)cc2O1. The second kappa shape index (κ2) is 6.83. The van der Waals surface area contributed by atoms with Crippen molar-refractivity contribution >= 4 is 11.9 Å². The highest BCUT2D eigenvalue weighted by atomic mass is 16.6. The zero-order chi connectivity index (χ0) is 17.0. The van der Waals surface area contributed by atoms with Crippen LogP contribution in [0, 0.1) is 6.92 Å². The highest BCUT2D eigenvalue weighted by molar-refractivity contribution is 5.85. The van der Waals surface area contributed by atoms with Gasteiger partial charge in [-0.05, 0) is 32.4 Å². The average Bonchev–Trinajstić information content (AvgIpc) is 2.47. The second-order valence-corrected chi connectivity index (χ2v) is 5.22. The van der Waals surface area contributed by atoms with Gasteiger partial charge in [-0.1, -0.05) is 12.1 Å². The van der Waals surface area contributed by atoms with Crippen molar-refractivity contribution in [2.45, 2.75) is 32.8 Å². The summed E-state index contributed by atoms with van der Waals surface area (Å²) in [5, 5.41) is 10.9. The lowest BCUT2D eigenvalue weighted by atomic mass is 9.86. The molecule has 1 atom stereocenters. The first-order valence-electron chi connectivity index (χ1n) is 7.46. The first kappa shape index (κ1) is 17.0. The molecule has 2 rings (SSSR count). The topological polar surface area (TPSA) is 82.1 Å². The number of benzene rings is 1. The number of hydrogen-bond acceptors (Lipinski definition) is 6. The molecule has 0 aromatic heterocycles. The van der Waals surface area contributed by atoms with Crippen molar-refractivity contribution < 1.29 is 28.9 Å². The van der Waals surface area contributed by atoms with Crippen LogP contribution < -0.4 is 4.74 Å². The molecule has 0 amide bonds. The summed E-state index contributed by atoms with van der Waals surface area (Å²) in [5.74, 6) is -0.896. The van der Waals surface area contributed by atoms with E-state index in [9.17, 15) is 14.7 Å². The first-order valence-corrected chi connectivity index (χ1v) is 7.46. The third kappa shape index (κ3) is 3.53. The zero-order valence-corrected chi connectivity index (χ0v) is 13.4. The summed E-state index contributed by atoms with van der Waals surface area (Å²) in [5.41, 5.74) is -0.676. The van der Waals surface area contributed by atoms with Crippen LogP contribution in [0.25, 0.3) is 0 Å². The average molecular weight is 320 g/mol. The van der Waals surface area contributed by atoms with Crippen LogP contribution in [0.15, 0.2) is 30.0 Å². The molecule has 1 aromatic rings. The number of carbonyl (C=O) groups excluding carboxylic acids is 2. The maximum absolute atomic E-state index is 12.3. The number of rotatable bonds is 4. The normalized spacial score (nSPS) is 21.3. The van der Waals surface area contributed by atoms with Gasteiger partial charge >= 0.3 is 11.9 Å². The van der Waals surface area contributed by atoms with Crippen molar-refractivity contribution in [2.24, 2.45) is 0 Å². The van der Waals surface area contributed by atoms with Crippen LogP contribution in [0.3, 0.4) is 0 Å². The fraction of sp³-hybridized carbons (Fsp3) is 0.412. The highest BCUT2D eigenvalue weighted by Crippen LogP contribution is 2.42. The van der Waals surface area contributed by atoms with Crippen LogP contribution in [0.4, 0.5) is 0 Å². The number of aliphatic hydroxyl groups is 1. The van der Waals surface area contributed by atoms with Crippen LogP contribution >= 0.6 is 0 Å². The van der Waals surface area contributed by atoms with E-state index >= 15 is 0 Å². The lowest BCUT2D eigenvalue weighted by molar-refractivity contribution is -0.168. The predicted molar refractivity (Wildman–Crippen MR) is 81.7 cm³/mol. The van der Waals surface area contributed by atoms with Gasteiger partial charge in [-0.2, -0.15) is 0 Å². The lowest BCUT2D eigenvalue weighted by Gasteiger charge is -2.33. The van der Waals surface area contributed by atoms with Crippen molar-refractivity contribution in [1.82, 2.24) is 0 Å². The summed E-state index contributed by atoms with van der Waals surface area (Å²) < 4.78 is 15.5. The van der Waals surface area contributed by atoms with E-state index in [1.54, 1.807) is 32.0 Å². The van der Waals surface area contributed by atoms with Gasteiger partial charge in [0.25, 0.3) is 0 Å². The summed E-state index contributed by atoms with van der Waals surface area (Å²) in [6.45, 7) is 5.56. The largest absolute Gasteiger partial charge is 0.464 e. The van der Waals surface area contributed by atoms with Gasteiger partial charge in [-0.3, -0.25) is 0 Å². The van der Waals surface area contributed by atoms with Gasteiger partial charge in [0, 0.05) is 5.56 Å². The maximum Gasteiger partial charge on any atom is 0.343 e. The third-order valence-corrected chi connectivity index (χ3v) is 3.43. The van der Waals surface area contributed by atoms with Gasteiger partial charge in [0.15, 0.2) is 5.60 Å². The second-order valence-electron chi connectivity index (χ2n) is 5.22. The maximum atomic E-state index is 12.3. The van der Waals surface area contributed by atoms with Crippen molar-refractivity contribution in [1.29, 1.82) is 0 Å². The standard InChI is InChI=1S/C17H20O6/c1-4-21-15(18)9-12-10-17(20,16(19)22-5-2)13-7-6-11(3)8-14(13)23-12/h6-9,20H,4-5,10H2,1-3H3/b12-9+. The van der Waals surface area contributed by atoms with E-state index in [1.165, 1.54) is 0 Å². The Labute approximate surface area is 134 Å². The Morgan fingerprint density at radius 3 is 2.65 bits per heavy atom. The van der Waals surface area contributed by atoms with Crippen molar-refractivity contribution in [2.75, 3.05) is 13.2 Å². The highest BCUT2D eigenvalue weighted by Gasteiger charge is 2.46. The molecular formula is C17H20O6. The fourth-order valence-electron chi connectivity index (χ4n) is 2.41. The number of carbonyl (C=O) groups is 2. The molecule has 0 radical (unpaired) electrons. The fourth-order valence-corrected chi connectivity index (χ4v) is 2.41. The van der Waals surface area contributed by atoms with Crippen molar-refractivity contribution in [3.63, 3.8) is 0 Å². The molecule has 23 heavy (non-hydrogen) atoms. The quantitative estimate of drug-likeness (QED) is 0.675. The van der Waals surface area contributed by atoms with Crippen molar-refractivity contribution in [3.05, 3.63) is 41.2 Å². The Morgan fingerprint density at radius 2 is 2.00 bits per heavy atom. The Balaban J connectivity index is 2.46. The van der Waals surface area contributed by atoms with Gasteiger partial charge in [0.2, 0.25) is 0 Å². The number of hydrogen-bond donors (Lipinski definition) is 1. The van der Waals surface area contributed by atoms with Gasteiger partial charge in [-0.15, -0.1) is 0 Å². The minimum absolute atomic E-state index is 0.139. The molecule has 6 heteroatoms. The first-order chi connectivity index (χ1) is 10.9. The number of esters is 2. The van der Waals surface area contributed by atoms with Gasteiger partial charge in [-0.25, -0.2) is 9.59 Å². The smallest absolute Gasteiger partial charge is 0.343 e. The monoisotopic (exact) mass is 320 g/mol. The molecule has 1 heterocycles. The van der Waals surface area contributed by atoms with Crippen LogP contribution in [0.1, 0.15) is 31.4 Å². The van der Waals surface area contributed by atoms with Crippen LogP contribution in [-0.4, -0.2) is 30.3 Å². The van der Waals surface area contributed by atoms with E-state index in [4.69, 9.17) is 14.2 Å². The molecule has 1 aromatic carbocycles. The van der Waals surface area contributed by atoms with E-state index in [-0.39, 0.29) is 25.4 Å².